The molecule has 0 spiro atoms. The van der Waals surface area contributed by atoms with Gasteiger partial charge in [0, 0.05) is 25.1 Å². The number of carbonyl (C=O) groups is 3. The molecule has 0 aromatic heterocycles. The first-order valence-electron chi connectivity index (χ1n) is 15.2. The van der Waals surface area contributed by atoms with Crippen molar-refractivity contribution in [3.63, 3.8) is 0 Å². The average molecular weight is 561 g/mol. The quantitative estimate of drug-likeness (QED) is 0.0905. The van der Waals surface area contributed by atoms with E-state index >= 15 is 0 Å². The van der Waals surface area contributed by atoms with Crippen LogP contribution in [0.25, 0.3) is 0 Å². The third-order valence-electron chi connectivity index (χ3n) is 6.53. The first-order chi connectivity index (χ1) is 19.5. The van der Waals surface area contributed by atoms with Gasteiger partial charge in [-0.15, -0.1) is 0 Å². The molecule has 40 heavy (non-hydrogen) atoms. The van der Waals surface area contributed by atoms with Crippen LogP contribution in [-0.2, 0) is 14.3 Å². The van der Waals surface area contributed by atoms with E-state index in [0.29, 0.717) is 51.5 Å². The predicted octanol–water partition coefficient (Wildman–Crippen LogP) is 6.30. The highest BCUT2D eigenvalue weighted by atomic mass is 16.5. The number of aromatic carboxylic acids is 1. The van der Waals surface area contributed by atoms with E-state index in [1.165, 1.54) is 94.9 Å². The van der Waals surface area contributed by atoms with Crippen molar-refractivity contribution in [2.45, 2.75) is 96.8 Å². The van der Waals surface area contributed by atoms with Crippen LogP contribution in [0.5, 0.6) is 0 Å². The van der Waals surface area contributed by atoms with Crippen LogP contribution in [0.15, 0.2) is 36.4 Å². The number of unbranched alkanes of at least 4 members (excludes halogenated alkanes) is 11. The highest BCUT2D eigenvalue weighted by Crippen LogP contribution is 2.10. The van der Waals surface area contributed by atoms with Crippen molar-refractivity contribution in [2.75, 3.05) is 39.5 Å². The molecule has 1 rings (SSSR count). The highest BCUT2D eigenvalue weighted by molar-refractivity contribution is 5.95. The summed E-state index contributed by atoms with van der Waals surface area (Å²) in [4.78, 5) is 34.8. The van der Waals surface area contributed by atoms with Gasteiger partial charge >= 0.3 is 5.97 Å². The van der Waals surface area contributed by atoms with Crippen LogP contribution in [-0.4, -0.2) is 62.4 Å². The summed E-state index contributed by atoms with van der Waals surface area (Å²) >= 11 is 0. The zero-order valence-electron chi connectivity index (χ0n) is 24.6. The van der Waals surface area contributed by atoms with E-state index in [9.17, 15) is 14.4 Å². The van der Waals surface area contributed by atoms with Crippen molar-refractivity contribution in [3.8, 4) is 0 Å². The molecule has 8 nitrogen and oxygen atoms in total. The highest BCUT2D eigenvalue weighted by Gasteiger charge is 2.07. The standard InChI is InChI=1S/C32H52N2O6/c1-2-3-4-5-6-7-8-9-10-11-12-13-14-15-16-17-30(35)33-22-24-39-26-27-40-25-23-34-31(36)28-18-20-29(21-19-28)32(37)38/h9-10,18-21H,2-8,11-17,22-27H2,1H3,(H,33,35)(H,34,36)(H,37,38)/b10-9-. The first kappa shape index (κ1) is 35.3. The van der Waals surface area contributed by atoms with Crippen molar-refractivity contribution < 1.29 is 29.0 Å². The van der Waals surface area contributed by atoms with Crippen LogP contribution >= 0.6 is 0 Å². The fourth-order valence-electron chi connectivity index (χ4n) is 4.13. The van der Waals surface area contributed by atoms with Gasteiger partial charge in [0.1, 0.15) is 0 Å². The molecule has 8 heteroatoms. The van der Waals surface area contributed by atoms with E-state index in [1.807, 2.05) is 0 Å². The summed E-state index contributed by atoms with van der Waals surface area (Å²) in [7, 11) is 0. The maximum absolute atomic E-state index is 12.0. The number of rotatable bonds is 26. The summed E-state index contributed by atoms with van der Waals surface area (Å²) in [5.41, 5.74) is 0.533. The Balaban J connectivity index is 1.82. The summed E-state index contributed by atoms with van der Waals surface area (Å²) < 4.78 is 10.9. The average Bonchev–Trinajstić information content (AvgIpc) is 2.96. The minimum Gasteiger partial charge on any atom is -0.478 e. The molecular formula is C32H52N2O6. The number of amides is 2. The van der Waals surface area contributed by atoms with Crippen LogP contribution in [0.2, 0.25) is 0 Å². The molecule has 2 amide bonds. The minimum absolute atomic E-state index is 0.0748. The number of carboxylic acid groups (broad SMARTS) is 1. The van der Waals surface area contributed by atoms with Gasteiger partial charge < -0.3 is 25.2 Å². The Morgan fingerprint density at radius 2 is 1.18 bits per heavy atom. The zero-order valence-corrected chi connectivity index (χ0v) is 24.6. The molecule has 0 heterocycles. The minimum atomic E-state index is -1.03. The van der Waals surface area contributed by atoms with E-state index in [1.54, 1.807) is 0 Å². The summed E-state index contributed by atoms with van der Waals surface area (Å²) in [6.45, 7) is 4.67. The molecule has 0 radical (unpaired) electrons. The number of nitrogens with one attached hydrogen (secondary N) is 2. The third kappa shape index (κ3) is 20.2. The van der Waals surface area contributed by atoms with Crippen molar-refractivity contribution in [2.24, 2.45) is 0 Å². The largest absolute Gasteiger partial charge is 0.478 e. The van der Waals surface area contributed by atoms with Gasteiger partial charge in [0.05, 0.1) is 32.0 Å². The summed E-state index contributed by atoms with van der Waals surface area (Å²) in [5, 5.41) is 14.5. The van der Waals surface area contributed by atoms with Gasteiger partial charge in [-0.1, -0.05) is 70.4 Å². The van der Waals surface area contributed by atoms with Crippen molar-refractivity contribution in [1.82, 2.24) is 10.6 Å². The molecule has 3 N–H and O–H groups in total. The number of ether oxygens (including phenoxy) is 2. The van der Waals surface area contributed by atoms with Gasteiger partial charge in [0.2, 0.25) is 5.91 Å². The number of carbonyl (C=O) groups excluding carboxylic acids is 2. The Hall–Kier alpha value is -2.71. The lowest BCUT2D eigenvalue weighted by Gasteiger charge is -2.08. The van der Waals surface area contributed by atoms with Crippen LogP contribution in [0, 0.1) is 0 Å². The maximum Gasteiger partial charge on any atom is 0.335 e. The molecule has 1 aromatic rings. The van der Waals surface area contributed by atoms with Crippen LogP contribution in [0.3, 0.4) is 0 Å². The van der Waals surface area contributed by atoms with E-state index in [-0.39, 0.29) is 17.4 Å². The molecule has 1 aromatic carbocycles. The number of allylic oxidation sites excluding steroid dienone is 2. The van der Waals surface area contributed by atoms with Gasteiger partial charge in [-0.3, -0.25) is 9.59 Å². The number of hydrogen-bond donors (Lipinski definition) is 3. The molecule has 0 bridgehead atoms. The lowest BCUT2D eigenvalue weighted by Crippen LogP contribution is -2.28. The topological polar surface area (TPSA) is 114 Å². The van der Waals surface area contributed by atoms with Gasteiger partial charge in [-0.2, -0.15) is 0 Å². The smallest absolute Gasteiger partial charge is 0.335 e. The van der Waals surface area contributed by atoms with Crippen LogP contribution in [0.1, 0.15) is 118 Å². The molecule has 0 unspecified atom stereocenters. The Morgan fingerprint density at radius 3 is 1.75 bits per heavy atom. The summed E-state index contributed by atoms with van der Waals surface area (Å²) in [6.07, 6.45) is 21.5. The van der Waals surface area contributed by atoms with Crippen molar-refractivity contribution in [3.05, 3.63) is 47.5 Å². The fourth-order valence-corrected chi connectivity index (χ4v) is 4.13. The molecule has 0 aliphatic rings. The Labute approximate surface area is 241 Å². The molecule has 0 saturated carbocycles. The normalized spacial score (nSPS) is 11.1. The third-order valence-corrected chi connectivity index (χ3v) is 6.53. The second kappa shape index (κ2) is 25.3. The molecule has 0 saturated heterocycles. The monoisotopic (exact) mass is 560 g/mol. The first-order valence-corrected chi connectivity index (χ1v) is 15.2. The molecule has 0 aliphatic carbocycles. The van der Waals surface area contributed by atoms with E-state index in [2.05, 4.69) is 29.7 Å². The Kier molecular flexibility index (Phi) is 22.3. The van der Waals surface area contributed by atoms with Crippen molar-refractivity contribution in [1.29, 1.82) is 0 Å². The van der Waals surface area contributed by atoms with Crippen LogP contribution in [0.4, 0.5) is 0 Å². The van der Waals surface area contributed by atoms with Crippen molar-refractivity contribution >= 4 is 17.8 Å². The second-order valence-corrected chi connectivity index (χ2v) is 10.0. The summed E-state index contributed by atoms with van der Waals surface area (Å²) in [5.74, 6) is -1.24. The predicted molar refractivity (Wildman–Crippen MR) is 160 cm³/mol. The Morgan fingerprint density at radius 1 is 0.675 bits per heavy atom. The molecule has 0 aliphatic heterocycles. The molecule has 0 fully saturated rings. The second-order valence-electron chi connectivity index (χ2n) is 10.0. The lowest BCUT2D eigenvalue weighted by atomic mass is 10.1. The number of benzene rings is 1. The molecule has 0 atom stereocenters. The molecule has 226 valence electrons. The van der Waals surface area contributed by atoms with Crippen LogP contribution < -0.4 is 10.6 Å². The van der Waals surface area contributed by atoms with Gasteiger partial charge in [-0.05, 0) is 56.4 Å². The SMILES string of the molecule is CCCCCCCC/C=C\CCCCCCCC(=O)NCCOCCOCCNC(=O)c1ccc(C(=O)O)cc1. The zero-order chi connectivity index (χ0) is 29.1. The Bertz CT molecular complexity index is 825. The number of carboxylic acids is 1. The van der Waals surface area contributed by atoms with E-state index in [0.717, 1.165) is 12.8 Å². The lowest BCUT2D eigenvalue weighted by molar-refractivity contribution is -0.121. The molecular weight excluding hydrogens is 508 g/mol. The maximum atomic E-state index is 12.0. The van der Waals surface area contributed by atoms with E-state index < -0.39 is 5.97 Å². The van der Waals surface area contributed by atoms with Gasteiger partial charge in [-0.25, -0.2) is 4.79 Å². The fraction of sp³-hybridized carbons (Fsp3) is 0.656. The van der Waals surface area contributed by atoms with E-state index in [4.69, 9.17) is 14.6 Å². The summed E-state index contributed by atoms with van der Waals surface area (Å²) in [6, 6.07) is 5.75. The number of hydrogen-bond acceptors (Lipinski definition) is 5. The van der Waals surface area contributed by atoms with Gasteiger partial charge in [0.15, 0.2) is 0 Å². The van der Waals surface area contributed by atoms with Gasteiger partial charge in [0.25, 0.3) is 5.91 Å².